The maximum atomic E-state index is 12.3. The summed E-state index contributed by atoms with van der Waals surface area (Å²) in [7, 11) is -7.22. The van der Waals surface area contributed by atoms with Crippen molar-refractivity contribution in [3.8, 4) is 0 Å². The van der Waals surface area contributed by atoms with Gasteiger partial charge in [-0.1, -0.05) is 0 Å². The molecule has 2 aliphatic rings. The van der Waals surface area contributed by atoms with E-state index in [2.05, 4.69) is 4.72 Å². The van der Waals surface area contributed by atoms with E-state index in [-0.39, 0.29) is 24.5 Å². The highest BCUT2D eigenvalue weighted by Crippen LogP contribution is 2.21. The average molecular weight is 340 g/mol. The Hall–Kier alpha value is -0.710. The van der Waals surface area contributed by atoms with Crippen LogP contribution in [0.25, 0.3) is 0 Å². The third-order valence-corrected chi connectivity index (χ3v) is 7.33. The van der Waals surface area contributed by atoms with Gasteiger partial charge in [0.05, 0.1) is 11.5 Å². The van der Waals surface area contributed by atoms with Gasteiger partial charge in [0.15, 0.2) is 9.84 Å². The Labute approximate surface area is 124 Å². The molecule has 2 saturated heterocycles. The smallest absolute Gasteiger partial charge is 0.322 e. The third-order valence-electron chi connectivity index (χ3n) is 3.83. The maximum absolute atomic E-state index is 12.3. The predicted molar refractivity (Wildman–Crippen MR) is 75.7 cm³/mol. The first-order chi connectivity index (χ1) is 9.71. The van der Waals surface area contributed by atoms with Gasteiger partial charge in [-0.15, -0.1) is 0 Å². The summed E-state index contributed by atoms with van der Waals surface area (Å²) in [6.45, 7) is 0.145. The molecular weight excluding hydrogens is 320 g/mol. The van der Waals surface area contributed by atoms with Crippen LogP contribution in [0.4, 0.5) is 0 Å². The maximum Gasteiger partial charge on any atom is 0.322 e. The lowest BCUT2D eigenvalue weighted by Gasteiger charge is -2.33. The van der Waals surface area contributed by atoms with Gasteiger partial charge in [0, 0.05) is 12.6 Å². The highest BCUT2D eigenvalue weighted by Gasteiger charge is 2.38. The molecule has 0 spiro atoms. The van der Waals surface area contributed by atoms with Gasteiger partial charge in [-0.3, -0.25) is 4.79 Å². The molecule has 8 nitrogen and oxygen atoms in total. The van der Waals surface area contributed by atoms with Gasteiger partial charge in [0.2, 0.25) is 0 Å². The fourth-order valence-corrected chi connectivity index (χ4v) is 6.23. The Morgan fingerprint density at radius 1 is 1.19 bits per heavy atom. The zero-order valence-electron chi connectivity index (χ0n) is 11.6. The molecule has 21 heavy (non-hydrogen) atoms. The number of nitrogens with one attached hydrogen (secondary N) is 1. The second-order valence-corrected chi connectivity index (χ2v) is 9.42. The lowest BCUT2D eigenvalue weighted by molar-refractivity contribution is -0.142. The summed E-state index contributed by atoms with van der Waals surface area (Å²) >= 11 is 0. The van der Waals surface area contributed by atoms with Gasteiger partial charge in [0.1, 0.15) is 6.04 Å². The number of carboxylic acids is 1. The van der Waals surface area contributed by atoms with E-state index in [1.54, 1.807) is 0 Å². The Kier molecular flexibility index (Phi) is 4.91. The summed E-state index contributed by atoms with van der Waals surface area (Å²) in [5.41, 5.74) is 0. The van der Waals surface area contributed by atoms with Crippen LogP contribution in [0, 0.1) is 0 Å². The molecule has 0 radical (unpaired) electrons. The van der Waals surface area contributed by atoms with E-state index < -0.39 is 38.1 Å². The van der Waals surface area contributed by atoms with Crippen molar-refractivity contribution < 1.29 is 26.7 Å². The Morgan fingerprint density at radius 2 is 1.90 bits per heavy atom. The number of piperidine rings is 1. The summed E-state index contributed by atoms with van der Waals surface area (Å²) in [6.07, 6.45) is 2.41. The molecule has 2 fully saturated rings. The van der Waals surface area contributed by atoms with E-state index in [1.807, 2.05) is 0 Å². The molecule has 122 valence electrons. The second-order valence-electron chi connectivity index (χ2n) is 5.54. The Balaban J connectivity index is 2.11. The fourth-order valence-electron chi connectivity index (χ4n) is 2.83. The number of nitrogens with zero attached hydrogens (tertiary/aromatic N) is 1. The van der Waals surface area contributed by atoms with Crippen LogP contribution in [-0.4, -0.2) is 62.4 Å². The first-order valence-electron chi connectivity index (χ1n) is 6.93. The molecule has 2 atom stereocenters. The lowest BCUT2D eigenvalue weighted by Crippen LogP contribution is -2.55. The first kappa shape index (κ1) is 16.7. The molecule has 2 unspecified atom stereocenters. The molecule has 0 aromatic heterocycles. The van der Waals surface area contributed by atoms with E-state index in [1.165, 1.54) is 0 Å². The number of rotatable bonds is 4. The van der Waals surface area contributed by atoms with E-state index in [9.17, 15) is 21.6 Å². The SMILES string of the molecule is O=C(O)C1CCCCN1S(=O)(=O)NC1CCCS(=O)(=O)C1. The van der Waals surface area contributed by atoms with Crippen molar-refractivity contribution in [2.24, 2.45) is 0 Å². The molecule has 2 rings (SSSR count). The molecule has 0 aromatic rings. The molecule has 0 aromatic carbocycles. The molecule has 2 N–H and O–H groups in total. The summed E-state index contributed by atoms with van der Waals surface area (Å²) in [5, 5.41) is 9.13. The second kappa shape index (κ2) is 6.19. The van der Waals surface area contributed by atoms with Gasteiger partial charge in [-0.25, -0.2) is 8.42 Å². The Bertz CT molecular complexity index is 600. The van der Waals surface area contributed by atoms with Crippen LogP contribution >= 0.6 is 0 Å². The quantitative estimate of drug-likeness (QED) is 0.700. The molecule has 2 heterocycles. The van der Waals surface area contributed by atoms with Crippen LogP contribution in [0.15, 0.2) is 0 Å². The monoisotopic (exact) mass is 340 g/mol. The largest absolute Gasteiger partial charge is 0.480 e. The van der Waals surface area contributed by atoms with Gasteiger partial charge < -0.3 is 5.11 Å². The molecule has 0 aliphatic carbocycles. The number of sulfone groups is 1. The molecule has 0 saturated carbocycles. The van der Waals surface area contributed by atoms with Crippen molar-refractivity contribution in [2.75, 3.05) is 18.1 Å². The van der Waals surface area contributed by atoms with Crippen LogP contribution in [0.3, 0.4) is 0 Å². The van der Waals surface area contributed by atoms with E-state index >= 15 is 0 Å². The minimum Gasteiger partial charge on any atom is -0.480 e. The van der Waals surface area contributed by atoms with Gasteiger partial charge >= 0.3 is 5.97 Å². The van der Waals surface area contributed by atoms with Crippen LogP contribution in [0.5, 0.6) is 0 Å². The highest BCUT2D eigenvalue weighted by atomic mass is 32.2. The standard InChI is InChI=1S/C11H20N2O6S2/c14-11(15)10-5-1-2-6-13(10)21(18,19)12-9-4-3-7-20(16,17)8-9/h9-10,12H,1-8H2,(H,14,15). The van der Waals surface area contributed by atoms with Crippen LogP contribution < -0.4 is 4.72 Å². The van der Waals surface area contributed by atoms with Gasteiger partial charge in [-0.2, -0.15) is 17.4 Å². The van der Waals surface area contributed by atoms with E-state index in [0.717, 1.165) is 4.31 Å². The summed E-state index contributed by atoms with van der Waals surface area (Å²) < 4.78 is 51.1. The van der Waals surface area contributed by atoms with Crippen molar-refractivity contribution in [3.63, 3.8) is 0 Å². The third kappa shape index (κ3) is 4.15. The van der Waals surface area contributed by atoms with Crippen LogP contribution in [-0.2, 0) is 24.8 Å². The average Bonchev–Trinajstić information content (AvgIpc) is 2.37. The van der Waals surface area contributed by atoms with Crippen molar-refractivity contribution in [2.45, 2.75) is 44.2 Å². The normalized spacial score (nSPS) is 30.9. The number of carboxylic acid groups (broad SMARTS) is 1. The zero-order chi connectivity index (χ0) is 15.7. The van der Waals surface area contributed by atoms with Crippen molar-refractivity contribution in [1.29, 1.82) is 0 Å². The minimum atomic E-state index is -3.99. The number of hydrogen-bond acceptors (Lipinski definition) is 5. The fraction of sp³-hybridized carbons (Fsp3) is 0.909. The van der Waals surface area contributed by atoms with Crippen molar-refractivity contribution in [3.05, 3.63) is 0 Å². The van der Waals surface area contributed by atoms with Crippen molar-refractivity contribution >= 4 is 26.0 Å². The Morgan fingerprint density at radius 3 is 2.52 bits per heavy atom. The topological polar surface area (TPSA) is 121 Å². The molecular formula is C11H20N2O6S2. The number of hydrogen-bond donors (Lipinski definition) is 2. The number of aliphatic carboxylic acids is 1. The predicted octanol–water partition coefficient (Wildman–Crippen LogP) is -0.663. The molecule has 0 amide bonds. The summed E-state index contributed by atoms with van der Waals surface area (Å²) in [6, 6.07) is -1.75. The minimum absolute atomic E-state index is 0.0761. The molecule has 10 heteroatoms. The molecule has 2 aliphatic heterocycles. The van der Waals surface area contributed by atoms with Gasteiger partial charge in [0.25, 0.3) is 10.2 Å². The van der Waals surface area contributed by atoms with Crippen LogP contribution in [0.2, 0.25) is 0 Å². The van der Waals surface area contributed by atoms with Crippen molar-refractivity contribution in [1.82, 2.24) is 9.03 Å². The summed E-state index contributed by atoms with van der Waals surface area (Å²) in [4.78, 5) is 11.2. The highest BCUT2D eigenvalue weighted by molar-refractivity contribution is 7.91. The zero-order valence-corrected chi connectivity index (χ0v) is 13.2. The number of carbonyl (C=O) groups is 1. The van der Waals surface area contributed by atoms with E-state index in [0.29, 0.717) is 25.7 Å². The van der Waals surface area contributed by atoms with E-state index in [4.69, 9.17) is 5.11 Å². The van der Waals surface area contributed by atoms with Gasteiger partial charge in [-0.05, 0) is 32.1 Å². The van der Waals surface area contributed by atoms with Crippen LogP contribution in [0.1, 0.15) is 32.1 Å². The summed E-state index contributed by atoms with van der Waals surface area (Å²) in [5.74, 6) is -1.32. The lowest BCUT2D eigenvalue weighted by atomic mass is 10.1. The molecule has 0 bridgehead atoms. The first-order valence-corrected chi connectivity index (χ1v) is 10.2.